The van der Waals surface area contributed by atoms with E-state index in [0.717, 1.165) is 0 Å². The van der Waals surface area contributed by atoms with Crippen molar-refractivity contribution in [3.63, 3.8) is 0 Å². The second-order valence-electron chi connectivity index (χ2n) is 2.50. The van der Waals surface area contributed by atoms with E-state index in [9.17, 15) is 0 Å². The molecule has 0 radical (unpaired) electrons. The summed E-state index contributed by atoms with van der Waals surface area (Å²) in [5.41, 5.74) is 0. The van der Waals surface area contributed by atoms with Crippen molar-refractivity contribution in [2.45, 2.75) is 10.2 Å². The molecule has 6 nitrogen and oxygen atoms in total. The Balaban J connectivity index is 2.32. The van der Waals surface area contributed by atoms with Gasteiger partial charge < -0.3 is 4.57 Å². The van der Waals surface area contributed by atoms with E-state index in [0.29, 0.717) is 10.2 Å². The largest absolute Gasteiger partial charge is 0.311 e. The van der Waals surface area contributed by atoms with Crippen LogP contribution in [0.5, 0.6) is 0 Å². The SMILES string of the molecule is Cn1cnnc1Sc1nc(Cl)nnc1Cl. The Bertz CT molecular complexity index is 486. The summed E-state index contributed by atoms with van der Waals surface area (Å²) in [5, 5.41) is 16.1. The monoisotopic (exact) mass is 262 g/mol. The van der Waals surface area contributed by atoms with Crippen LogP contribution in [-0.2, 0) is 7.05 Å². The van der Waals surface area contributed by atoms with E-state index in [1.807, 2.05) is 7.05 Å². The summed E-state index contributed by atoms with van der Waals surface area (Å²) in [6, 6.07) is 0. The molecular weight excluding hydrogens is 259 g/mol. The van der Waals surface area contributed by atoms with E-state index in [1.54, 1.807) is 10.9 Å². The van der Waals surface area contributed by atoms with E-state index < -0.39 is 0 Å². The Morgan fingerprint density at radius 1 is 1.27 bits per heavy atom. The molecule has 0 N–H and O–H groups in total. The van der Waals surface area contributed by atoms with Crippen LogP contribution in [0.2, 0.25) is 10.4 Å². The predicted octanol–water partition coefficient (Wildman–Crippen LogP) is 1.46. The number of hydrogen-bond donors (Lipinski definition) is 0. The van der Waals surface area contributed by atoms with Crippen LogP contribution in [0.15, 0.2) is 16.5 Å². The van der Waals surface area contributed by atoms with Gasteiger partial charge in [-0.25, -0.2) is 4.98 Å². The van der Waals surface area contributed by atoms with Crippen LogP contribution in [-0.4, -0.2) is 29.9 Å². The molecule has 0 unspecified atom stereocenters. The zero-order valence-electron chi connectivity index (χ0n) is 7.42. The maximum Gasteiger partial charge on any atom is 0.244 e. The lowest BCUT2D eigenvalue weighted by Crippen LogP contribution is -1.94. The minimum atomic E-state index is 0.0454. The normalized spacial score (nSPS) is 10.6. The first-order valence-electron chi connectivity index (χ1n) is 3.74. The van der Waals surface area contributed by atoms with Crippen LogP contribution in [0.3, 0.4) is 0 Å². The van der Waals surface area contributed by atoms with Crippen LogP contribution in [0.25, 0.3) is 0 Å². The molecule has 0 saturated carbocycles. The third kappa shape index (κ3) is 2.36. The molecule has 0 aliphatic carbocycles. The Hall–Kier alpha value is -0.920. The fourth-order valence-electron chi connectivity index (χ4n) is 0.797. The fourth-order valence-corrected chi connectivity index (χ4v) is 1.87. The highest BCUT2D eigenvalue weighted by Gasteiger charge is 2.11. The number of aromatic nitrogens is 6. The minimum Gasteiger partial charge on any atom is -0.311 e. The number of aryl methyl sites for hydroxylation is 1. The van der Waals surface area contributed by atoms with Gasteiger partial charge in [-0.3, -0.25) is 0 Å². The van der Waals surface area contributed by atoms with Gasteiger partial charge in [-0.2, -0.15) is 0 Å². The number of halogens is 2. The van der Waals surface area contributed by atoms with Crippen LogP contribution in [0, 0.1) is 0 Å². The molecule has 0 saturated heterocycles. The maximum atomic E-state index is 5.79. The smallest absolute Gasteiger partial charge is 0.244 e. The number of nitrogens with zero attached hydrogens (tertiary/aromatic N) is 6. The third-order valence-corrected chi connectivity index (χ3v) is 3.01. The van der Waals surface area contributed by atoms with Crippen molar-refractivity contribution in [2.75, 3.05) is 0 Å². The molecule has 0 aromatic carbocycles. The van der Waals surface area contributed by atoms with Gasteiger partial charge in [0.15, 0.2) is 10.3 Å². The maximum absolute atomic E-state index is 5.79. The van der Waals surface area contributed by atoms with Gasteiger partial charge in [-0.15, -0.1) is 20.4 Å². The van der Waals surface area contributed by atoms with Crippen molar-refractivity contribution in [3.8, 4) is 0 Å². The summed E-state index contributed by atoms with van der Waals surface area (Å²) >= 11 is 12.6. The Labute approximate surface area is 99.0 Å². The quantitative estimate of drug-likeness (QED) is 0.816. The molecule has 9 heteroatoms. The molecular formula is C6H4Cl2N6S. The molecule has 0 atom stereocenters. The van der Waals surface area contributed by atoms with Gasteiger partial charge in [-0.05, 0) is 23.4 Å². The fraction of sp³-hybridized carbons (Fsp3) is 0.167. The van der Waals surface area contributed by atoms with E-state index in [1.165, 1.54) is 11.8 Å². The summed E-state index contributed by atoms with van der Waals surface area (Å²) in [4.78, 5) is 3.93. The predicted molar refractivity (Wildman–Crippen MR) is 55.0 cm³/mol. The molecule has 0 aliphatic heterocycles. The lowest BCUT2D eigenvalue weighted by atomic mass is 10.9. The van der Waals surface area contributed by atoms with Gasteiger partial charge in [0.05, 0.1) is 0 Å². The average molecular weight is 263 g/mol. The minimum absolute atomic E-state index is 0.0454. The summed E-state index contributed by atoms with van der Waals surface area (Å²) in [6.07, 6.45) is 1.58. The van der Waals surface area contributed by atoms with Gasteiger partial charge in [0.1, 0.15) is 11.4 Å². The highest BCUT2D eigenvalue weighted by molar-refractivity contribution is 7.99. The molecule has 78 valence electrons. The van der Waals surface area contributed by atoms with Crippen LogP contribution >= 0.6 is 35.0 Å². The lowest BCUT2D eigenvalue weighted by molar-refractivity contribution is 0.785. The van der Waals surface area contributed by atoms with Crippen molar-refractivity contribution < 1.29 is 0 Å². The molecule has 0 aliphatic rings. The van der Waals surface area contributed by atoms with Crippen molar-refractivity contribution in [1.29, 1.82) is 0 Å². The molecule has 0 bridgehead atoms. The third-order valence-electron chi connectivity index (χ3n) is 1.45. The molecule has 2 aromatic heterocycles. The summed E-state index contributed by atoms with van der Waals surface area (Å²) in [6.45, 7) is 0. The second kappa shape index (κ2) is 4.30. The summed E-state index contributed by atoms with van der Waals surface area (Å²) < 4.78 is 1.73. The Morgan fingerprint density at radius 2 is 2.07 bits per heavy atom. The number of rotatable bonds is 2. The molecule has 2 heterocycles. The molecule has 2 rings (SSSR count). The van der Waals surface area contributed by atoms with Gasteiger partial charge in [0, 0.05) is 7.05 Å². The molecule has 15 heavy (non-hydrogen) atoms. The molecule has 0 spiro atoms. The zero-order chi connectivity index (χ0) is 10.8. The van der Waals surface area contributed by atoms with Crippen molar-refractivity contribution in [2.24, 2.45) is 7.05 Å². The second-order valence-corrected chi connectivity index (χ2v) is 4.16. The lowest BCUT2D eigenvalue weighted by Gasteiger charge is -2.00. The van der Waals surface area contributed by atoms with E-state index >= 15 is 0 Å². The Kier molecular flexibility index (Phi) is 3.03. The van der Waals surface area contributed by atoms with E-state index in [4.69, 9.17) is 23.2 Å². The standard InChI is InChI=1S/C6H4Cl2N6S/c1-14-2-9-13-6(14)15-4-3(7)11-12-5(8)10-4/h2H,1H3. The van der Waals surface area contributed by atoms with Crippen molar-refractivity contribution >= 4 is 35.0 Å². The van der Waals surface area contributed by atoms with Gasteiger partial charge in [0.2, 0.25) is 5.28 Å². The summed E-state index contributed by atoms with van der Waals surface area (Å²) in [7, 11) is 1.81. The topological polar surface area (TPSA) is 69.4 Å². The highest BCUT2D eigenvalue weighted by atomic mass is 35.5. The van der Waals surface area contributed by atoms with E-state index in [-0.39, 0.29) is 10.4 Å². The first kappa shape index (κ1) is 10.6. The van der Waals surface area contributed by atoms with E-state index in [2.05, 4.69) is 25.4 Å². The highest BCUT2D eigenvalue weighted by Crippen LogP contribution is 2.28. The van der Waals surface area contributed by atoms with Crippen molar-refractivity contribution in [1.82, 2.24) is 29.9 Å². The average Bonchev–Trinajstić information content (AvgIpc) is 2.58. The van der Waals surface area contributed by atoms with Crippen molar-refractivity contribution in [3.05, 3.63) is 16.8 Å². The van der Waals surface area contributed by atoms with Crippen LogP contribution in [0.4, 0.5) is 0 Å². The summed E-state index contributed by atoms with van der Waals surface area (Å²) in [5.74, 6) is 0. The van der Waals surface area contributed by atoms with Gasteiger partial charge in [0.25, 0.3) is 0 Å². The zero-order valence-corrected chi connectivity index (χ0v) is 9.75. The van der Waals surface area contributed by atoms with Crippen LogP contribution in [0.1, 0.15) is 0 Å². The van der Waals surface area contributed by atoms with Gasteiger partial charge >= 0.3 is 0 Å². The van der Waals surface area contributed by atoms with Gasteiger partial charge in [-0.1, -0.05) is 11.6 Å². The molecule has 0 amide bonds. The molecule has 0 fully saturated rings. The Morgan fingerprint density at radius 3 is 2.73 bits per heavy atom. The first-order chi connectivity index (χ1) is 7.16. The molecule has 2 aromatic rings. The van der Waals surface area contributed by atoms with Crippen LogP contribution < -0.4 is 0 Å². The first-order valence-corrected chi connectivity index (χ1v) is 5.31. The number of hydrogen-bond acceptors (Lipinski definition) is 6.